The molecule has 2 heterocycles. The smallest absolute Gasteiger partial charge is 0.159 e. The fourth-order valence-electron chi connectivity index (χ4n) is 12.7. The second-order valence-electron chi connectivity index (χ2n) is 21.3. The van der Waals surface area contributed by atoms with Gasteiger partial charge in [0.1, 0.15) is 19.5 Å². The number of rotatable bonds is 9. The molecule has 0 saturated carbocycles. The summed E-state index contributed by atoms with van der Waals surface area (Å²) in [5.74, 6) is -0.284. The third-order valence-electron chi connectivity index (χ3n) is 16.5. The number of fused-ring (bicyclic) bond motifs is 9. The Morgan fingerprint density at radius 2 is 0.873 bits per heavy atom. The van der Waals surface area contributed by atoms with Gasteiger partial charge in [-0.1, -0.05) is 201 Å². The molecule has 0 aliphatic carbocycles. The first-order valence-electron chi connectivity index (χ1n) is 27.1. The lowest BCUT2D eigenvalue weighted by molar-refractivity contribution is 0.630. The second kappa shape index (κ2) is 18.4. The van der Waals surface area contributed by atoms with Crippen molar-refractivity contribution in [3.63, 3.8) is 0 Å². The van der Waals surface area contributed by atoms with E-state index in [2.05, 4.69) is 211 Å². The SMILES string of the molecule is C[Si]1(C)c2cc(N(c3ccccc3)c3c(F)cc(-c4ccccc4)cc3-c3ccccc3)ccc2-c2cc3c4ccccc4c(-c4ccc(N(c5ccccc5)c5cccc6c5oc5ccccc56)cc4)cc3c3cccc1c23. The van der Waals surface area contributed by atoms with E-state index in [0.29, 0.717) is 5.69 Å². The van der Waals surface area contributed by atoms with Crippen LogP contribution in [0.1, 0.15) is 0 Å². The molecule has 1 aliphatic rings. The lowest BCUT2D eigenvalue weighted by atomic mass is 9.87. The summed E-state index contributed by atoms with van der Waals surface area (Å²) in [6.07, 6.45) is 0. The normalized spacial score (nSPS) is 12.6. The lowest BCUT2D eigenvalue weighted by Crippen LogP contribution is -2.56. The van der Waals surface area contributed by atoms with Gasteiger partial charge in [-0.05, 0) is 167 Å². The highest BCUT2D eigenvalue weighted by molar-refractivity contribution is 7.03. The van der Waals surface area contributed by atoms with E-state index in [1.54, 1.807) is 6.07 Å². The zero-order valence-electron chi connectivity index (χ0n) is 43.7. The number of para-hydroxylation sites is 4. The van der Waals surface area contributed by atoms with Crippen molar-refractivity contribution in [2.75, 3.05) is 9.80 Å². The van der Waals surface area contributed by atoms with Crippen LogP contribution in [0.25, 0.3) is 98.8 Å². The Morgan fingerprint density at radius 3 is 1.61 bits per heavy atom. The molecule has 0 N–H and O–H groups in total. The minimum absolute atomic E-state index is 0.284. The minimum atomic E-state index is -2.44. The number of benzene rings is 13. The van der Waals surface area contributed by atoms with E-state index in [-0.39, 0.29) is 5.82 Å². The van der Waals surface area contributed by atoms with Crippen LogP contribution >= 0.6 is 0 Å². The molecule has 0 unspecified atom stereocenters. The maximum atomic E-state index is 17.6. The summed E-state index contributed by atoms with van der Waals surface area (Å²) in [5, 5.41) is 12.4. The quantitative estimate of drug-likeness (QED) is 0.106. The van der Waals surface area contributed by atoms with Crippen LogP contribution in [0.3, 0.4) is 0 Å². The first kappa shape index (κ1) is 46.5. The predicted molar refractivity (Wildman–Crippen MR) is 334 cm³/mol. The summed E-state index contributed by atoms with van der Waals surface area (Å²) < 4.78 is 24.2. The van der Waals surface area contributed by atoms with Crippen molar-refractivity contribution in [2.24, 2.45) is 0 Å². The van der Waals surface area contributed by atoms with Crippen LogP contribution < -0.4 is 20.2 Å². The predicted octanol–water partition coefficient (Wildman–Crippen LogP) is 19.9. The zero-order chi connectivity index (χ0) is 52.8. The molecule has 0 saturated heterocycles. The van der Waals surface area contributed by atoms with E-state index in [0.717, 1.165) is 78.2 Å². The van der Waals surface area contributed by atoms with E-state index in [1.165, 1.54) is 59.4 Å². The summed E-state index contributed by atoms with van der Waals surface area (Å²) in [5.41, 5.74) is 15.5. The maximum absolute atomic E-state index is 17.6. The van der Waals surface area contributed by atoms with Crippen LogP contribution in [-0.4, -0.2) is 8.07 Å². The molecule has 15 rings (SSSR count). The molecule has 79 heavy (non-hydrogen) atoms. The Hall–Kier alpha value is -9.81. The monoisotopic (exact) mass is 1030 g/mol. The van der Waals surface area contributed by atoms with Crippen molar-refractivity contribution in [3.8, 4) is 44.5 Å². The van der Waals surface area contributed by atoms with Gasteiger partial charge in [-0.3, -0.25) is 0 Å². The van der Waals surface area contributed by atoms with Crippen molar-refractivity contribution in [1.82, 2.24) is 0 Å². The average Bonchev–Trinajstić information content (AvgIpc) is 4.09. The molecule has 0 atom stereocenters. The topological polar surface area (TPSA) is 19.6 Å². The summed E-state index contributed by atoms with van der Waals surface area (Å²) in [4.78, 5) is 4.44. The highest BCUT2D eigenvalue weighted by Gasteiger charge is 2.37. The summed E-state index contributed by atoms with van der Waals surface area (Å²) in [7, 11) is -2.44. The molecule has 0 radical (unpaired) electrons. The average molecular weight is 1030 g/mol. The largest absolute Gasteiger partial charge is 0.454 e. The number of furan rings is 1. The van der Waals surface area contributed by atoms with Crippen LogP contribution in [0, 0.1) is 5.82 Å². The first-order chi connectivity index (χ1) is 38.9. The van der Waals surface area contributed by atoms with Crippen molar-refractivity contribution in [3.05, 3.63) is 279 Å². The highest BCUT2D eigenvalue weighted by Crippen LogP contribution is 2.49. The molecule has 1 aromatic heterocycles. The van der Waals surface area contributed by atoms with Crippen LogP contribution in [-0.2, 0) is 0 Å². The van der Waals surface area contributed by atoms with Crippen LogP contribution in [0.2, 0.25) is 13.1 Å². The molecule has 14 aromatic rings. The molecule has 0 bridgehead atoms. The van der Waals surface area contributed by atoms with Gasteiger partial charge in [0.25, 0.3) is 0 Å². The third-order valence-corrected chi connectivity index (χ3v) is 20.0. The van der Waals surface area contributed by atoms with E-state index >= 15 is 4.39 Å². The van der Waals surface area contributed by atoms with Gasteiger partial charge in [-0.2, -0.15) is 0 Å². The van der Waals surface area contributed by atoms with Crippen molar-refractivity contribution < 1.29 is 8.81 Å². The van der Waals surface area contributed by atoms with E-state index in [1.807, 2.05) is 78.9 Å². The van der Waals surface area contributed by atoms with Gasteiger partial charge in [0.2, 0.25) is 0 Å². The van der Waals surface area contributed by atoms with Crippen LogP contribution in [0.15, 0.2) is 277 Å². The number of nitrogens with zero attached hydrogens (tertiary/aromatic N) is 2. The van der Waals surface area contributed by atoms with Crippen LogP contribution in [0.4, 0.5) is 38.5 Å². The van der Waals surface area contributed by atoms with E-state index < -0.39 is 8.07 Å². The Labute approximate surface area is 459 Å². The summed E-state index contributed by atoms with van der Waals surface area (Å²) in [6, 6.07) is 96.4. The number of hydrogen-bond donors (Lipinski definition) is 0. The van der Waals surface area contributed by atoms with Crippen molar-refractivity contribution in [1.29, 1.82) is 0 Å². The second-order valence-corrected chi connectivity index (χ2v) is 25.6. The third kappa shape index (κ3) is 7.53. The Morgan fingerprint density at radius 1 is 0.329 bits per heavy atom. The summed E-state index contributed by atoms with van der Waals surface area (Å²) in [6.45, 7) is 4.96. The number of halogens is 1. The molecule has 0 amide bonds. The molecule has 5 heteroatoms. The Balaban J connectivity index is 0.882. The first-order valence-corrected chi connectivity index (χ1v) is 30.1. The molecular weight excluding hydrogens is 980 g/mol. The molecule has 1 aliphatic heterocycles. The Kier molecular flexibility index (Phi) is 10.9. The van der Waals surface area contributed by atoms with Gasteiger partial charge in [-0.15, -0.1) is 0 Å². The van der Waals surface area contributed by atoms with Crippen molar-refractivity contribution >= 4 is 107 Å². The molecule has 374 valence electrons. The molecule has 0 fully saturated rings. The minimum Gasteiger partial charge on any atom is -0.454 e. The highest BCUT2D eigenvalue weighted by atomic mass is 28.3. The van der Waals surface area contributed by atoms with E-state index in [4.69, 9.17) is 4.42 Å². The Bertz CT molecular complexity index is 4690. The van der Waals surface area contributed by atoms with Crippen LogP contribution in [0.5, 0.6) is 0 Å². The molecular formula is C74H51FN2OSi. The fourth-order valence-corrected chi connectivity index (χ4v) is 15.8. The van der Waals surface area contributed by atoms with Gasteiger partial charge in [0, 0.05) is 39.1 Å². The van der Waals surface area contributed by atoms with Gasteiger partial charge in [-0.25, -0.2) is 4.39 Å². The van der Waals surface area contributed by atoms with E-state index in [9.17, 15) is 0 Å². The number of hydrogen-bond acceptors (Lipinski definition) is 3. The van der Waals surface area contributed by atoms with Gasteiger partial charge in [0.15, 0.2) is 5.58 Å². The zero-order valence-corrected chi connectivity index (χ0v) is 44.7. The lowest BCUT2D eigenvalue weighted by Gasteiger charge is -2.36. The van der Waals surface area contributed by atoms with Crippen molar-refractivity contribution in [2.45, 2.75) is 13.1 Å². The molecule has 3 nitrogen and oxygen atoms in total. The number of anilines is 6. The standard InChI is InChI=1S/C74H51FN2OSi/c1-79(2)70-36-20-32-60-65-46-62(50-37-39-54(40-38-50)76(52-25-11-5-12-26-52)68-34-19-33-61-58-31-17-18-35-69(58)78-74(61)68)56-29-15-16-30-57(56)64(65)47-66(72(60)70)59-42-41-55(45-71(59)79)77(53-27-13-6-14-28-53)73-63(49-23-9-4-10-24-49)43-51(44-67(73)75)48-21-7-3-8-22-48/h3-47H,1-2H3. The fraction of sp³-hybridized carbons (Fsp3) is 0.0270. The maximum Gasteiger partial charge on any atom is 0.159 e. The summed E-state index contributed by atoms with van der Waals surface area (Å²) >= 11 is 0. The van der Waals surface area contributed by atoms with Gasteiger partial charge in [0.05, 0.1) is 11.4 Å². The van der Waals surface area contributed by atoms with Gasteiger partial charge >= 0.3 is 0 Å². The molecule has 0 spiro atoms. The van der Waals surface area contributed by atoms with Gasteiger partial charge < -0.3 is 14.2 Å². The molecule has 13 aromatic carbocycles.